The quantitative estimate of drug-likeness (QED) is 0.590. The van der Waals surface area contributed by atoms with Crippen LogP contribution in [0.1, 0.15) is 17.2 Å². The van der Waals surface area contributed by atoms with E-state index < -0.39 is 0 Å². The van der Waals surface area contributed by atoms with Crippen LogP contribution in [0.25, 0.3) is 0 Å². The van der Waals surface area contributed by atoms with E-state index in [1.165, 1.54) is 0 Å². The van der Waals surface area contributed by atoms with Gasteiger partial charge in [-0.2, -0.15) is 0 Å². The summed E-state index contributed by atoms with van der Waals surface area (Å²) >= 11 is 0. The molecule has 0 aromatic carbocycles. The van der Waals surface area contributed by atoms with Gasteiger partial charge in [-0.05, 0) is 27.9 Å². The largest absolute Gasteiger partial charge is 0.302 e. The minimum Gasteiger partial charge on any atom is -0.302 e. The van der Waals surface area contributed by atoms with Gasteiger partial charge >= 0.3 is 0 Å². The normalized spacial score (nSPS) is 10.8. The molecule has 3 nitrogen and oxygen atoms in total. The van der Waals surface area contributed by atoms with E-state index in [1.807, 2.05) is 32.8 Å². The molecule has 0 amide bonds. The van der Waals surface area contributed by atoms with Crippen molar-refractivity contribution in [3.8, 4) is 0 Å². The molecule has 0 aliphatic heterocycles. The van der Waals surface area contributed by atoms with Crippen LogP contribution >= 0.6 is 0 Å². The molecule has 4 heteroatoms. The number of nitrogens with zero attached hydrogens (tertiary/aromatic N) is 3. The van der Waals surface area contributed by atoms with Gasteiger partial charge in [0.25, 0.3) is 0 Å². The Hall–Kier alpha value is -0.895. The summed E-state index contributed by atoms with van der Waals surface area (Å²) < 4.78 is 0. The molecule has 0 spiro atoms. The molecule has 0 saturated heterocycles. The van der Waals surface area contributed by atoms with E-state index in [0.717, 1.165) is 23.8 Å². The minimum absolute atomic E-state index is 0.697. The van der Waals surface area contributed by atoms with Gasteiger partial charge in [-0.1, -0.05) is 5.46 Å². The second kappa shape index (κ2) is 3.88. The summed E-state index contributed by atoms with van der Waals surface area (Å²) in [6, 6.07) is 0. The van der Waals surface area contributed by atoms with Crippen LogP contribution in [0.2, 0.25) is 0 Å². The Morgan fingerprint density at radius 3 is 2.00 bits per heavy atom. The van der Waals surface area contributed by atoms with Crippen LogP contribution in [-0.2, 0) is 6.54 Å². The molecule has 0 saturated carbocycles. The molecule has 2 radical (unpaired) electrons. The average molecular weight is 175 g/mol. The number of hydrogen-bond acceptors (Lipinski definition) is 3. The minimum atomic E-state index is 0.697. The molecule has 0 bridgehead atoms. The smallest absolute Gasteiger partial charge is 0.142 e. The summed E-state index contributed by atoms with van der Waals surface area (Å²) in [5.41, 5.74) is 2.43. The lowest BCUT2D eigenvalue weighted by Crippen LogP contribution is -2.21. The van der Waals surface area contributed by atoms with Crippen molar-refractivity contribution in [3.63, 3.8) is 0 Å². The second-order valence-corrected chi connectivity index (χ2v) is 3.46. The summed E-state index contributed by atoms with van der Waals surface area (Å²) in [6.45, 7) is 4.56. The maximum absolute atomic E-state index is 5.74. The number of aryl methyl sites for hydroxylation is 2. The molecule has 0 atom stereocenters. The molecule has 0 fully saturated rings. The SMILES string of the molecule is [B]c1c(C)nc(CN(C)C)nc1C. The van der Waals surface area contributed by atoms with Gasteiger partial charge in [-0.15, -0.1) is 0 Å². The average Bonchev–Trinajstić information content (AvgIpc) is 1.98. The third-order valence-corrected chi connectivity index (χ3v) is 1.83. The molecule has 1 aromatic rings. The van der Waals surface area contributed by atoms with Crippen LogP contribution in [0.4, 0.5) is 0 Å². The summed E-state index contributed by atoms with van der Waals surface area (Å²) in [6.07, 6.45) is 0. The van der Waals surface area contributed by atoms with E-state index in [9.17, 15) is 0 Å². The first-order chi connectivity index (χ1) is 6.00. The zero-order valence-electron chi connectivity index (χ0n) is 8.63. The van der Waals surface area contributed by atoms with Crippen LogP contribution < -0.4 is 5.46 Å². The molecule has 1 rings (SSSR count). The Morgan fingerprint density at radius 2 is 1.62 bits per heavy atom. The molecule has 0 aliphatic carbocycles. The van der Waals surface area contributed by atoms with E-state index in [2.05, 4.69) is 9.97 Å². The third kappa shape index (κ3) is 2.52. The fourth-order valence-corrected chi connectivity index (χ4v) is 1.15. The highest BCUT2D eigenvalue weighted by Crippen LogP contribution is 1.97. The summed E-state index contributed by atoms with van der Waals surface area (Å²) in [7, 11) is 9.72. The molecule has 68 valence electrons. The van der Waals surface area contributed by atoms with Gasteiger partial charge in [0.05, 0.1) is 6.54 Å². The lowest BCUT2D eigenvalue weighted by molar-refractivity contribution is 0.389. The Kier molecular flexibility index (Phi) is 3.04. The lowest BCUT2D eigenvalue weighted by atomic mass is 9.93. The second-order valence-electron chi connectivity index (χ2n) is 3.46. The zero-order chi connectivity index (χ0) is 10.0. The number of aromatic nitrogens is 2. The highest BCUT2D eigenvalue weighted by molar-refractivity contribution is 6.33. The first-order valence-corrected chi connectivity index (χ1v) is 4.25. The fraction of sp³-hybridized carbons (Fsp3) is 0.556. The van der Waals surface area contributed by atoms with Gasteiger partial charge in [0.1, 0.15) is 13.7 Å². The third-order valence-electron chi connectivity index (χ3n) is 1.83. The van der Waals surface area contributed by atoms with Crippen LogP contribution in [0.15, 0.2) is 0 Å². The van der Waals surface area contributed by atoms with Crippen LogP contribution in [0.3, 0.4) is 0 Å². The van der Waals surface area contributed by atoms with Crippen molar-refractivity contribution in [1.82, 2.24) is 14.9 Å². The summed E-state index contributed by atoms with van der Waals surface area (Å²) in [5.74, 6) is 0.828. The van der Waals surface area contributed by atoms with Crippen molar-refractivity contribution in [2.75, 3.05) is 14.1 Å². The first-order valence-electron chi connectivity index (χ1n) is 4.25. The van der Waals surface area contributed by atoms with Crippen molar-refractivity contribution in [2.45, 2.75) is 20.4 Å². The molecule has 0 unspecified atom stereocenters. The molecule has 0 aliphatic rings. The Labute approximate surface area is 80.6 Å². The topological polar surface area (TPSA) is 29.0 Å². The number of hydrogen-bond donors (Lipinski definition) is 0. The van der Waals surface area contributed by atoms with Gasteiger partial charge in [-0.25, -0.2) is 9.97 Å². The molecular weight excluding hydrogens is 161 g/mol. The van der Waals surface area contributed by atoms with Crippen LogP contribution in [0, 0.1) is 13.8 Å². The van der Waals surface area contributed by atoms with Crippen molar-refractivity contribution < 1.29 is 0 Å². The maximum Gasteiger partial charge on any atom is 0.142 e. The molecular formula is C9H14BN3. The monoisotopic (exact) mass is 175 g/mol. The van der Waals surface area contributed by atoms with E-state index in [-0.39, 0.29) is 0 Å². The predicted octanol–water partition coefficient (Wildman–Crippen LogP) is -0.0512. The zero-order valence-corrected chi connectivity index (χ0v) is 8.63. The highest BCUT2D eigenvalue weighted by atomic mass is 15.1. The van der Waals surface area contributed by atoms with E-state index in [0.29, 0.717) is 5.46 Å². The van der Waals surface area contributed by atoms with E-state index in [1.54, 1.807) is 0 Å². The summed E-state index contributed by atoms with van der Waals surface area (Å²) in [5, 5.41) is 0. The van der Waals surface area contributed by atoms with Gasteiger partial charge in [0, 0.05) is 11.4 Å². The number of rotatable bonds is 2. The van der Waals surface area contributed by atoms with E-state index >= 15 is 0 Å². The van der Waals surface area contributed by atoms with Crippen molar-refractivity contribution in [3.05, 3.63) is 17.2 Å². The van der Waals surface area contributed by atoms with Crippen molar-refractivity contribution in [2.24, 2.45) is 0 Å². The first kappa shape index (κ1) is 10.2. The standard InChI is InChI=1S/C9H14BN3/c1-6-9(10)7(2)12-8(11-6)5-13(3)4/h5H2,1-4H3. The van der Waals surface area contributed by atoms with Gasteiger partial charge < -0.3 is 4.90 Å². The molecule has 0 N–H and O–H groups in total. The van der Waals surface area contributed by atoms with Gasteiger partial charge in [0.15, 0.2) is 0 Å². The Morgan fingerprint density at radius 1 is 1.15 bits per heavy atom. The van der Waals surface area contributed by atoms with Crippen molar-refractivity contribution >= 4 is 13.3 Å². The van der Waals surface area contributed by atoms with Crippen LogP contribution in [-0.4, -0.2) is 36.8 Å². The van der Waals surface area contributed by atoms with Gasteiger partial charge in [-0.3, -0.25) is 0 Å². The van der Waals surface area contributed by atoms with Gasteiger partial charge in [0.2, 0.25) is 0 Å². The van der Waals surface area contributed by atoms with E-state index in [4.69, 9.17) is 7.85 Å². The Balaban J connectivity index is 2.99. The molecule has 1 aromatic heterocycles. The Bertz CT molecular complexity index is 287. The van der Waals surface area contributed by atoms with Crippen molar-refractivity contribution in [1.29, 1.82) is 0 Å². The predicted molar refractivity (Wildman–Crippen MR) is 54.3 cm³/mol. The van der Waals surface area contributed by atoms with Crippen LogP contribution in [0.5, 0.6) is 0 Å². The lowest BCUT2D eigenvalue weighted by Gasteiger charge is -2.11. The maximum atomic E-state index is 5.74. The highest BCUT2D eigenvalue weighted by Gasteiger charge is 2.04. The molecule has 13 heavy (non-hydrogen) atoms. The summed E-state index contributed by atoms with van der Waals surface area (Å²) in [4.78, 5) is 10.6. The molecule has 1 heterocycles. The fourth-order valence-electron chi connectivity index (χ4n) is 1.15.